The molecular weight excluding hydrogens is 284 g/mol. The highest BCUT2D eigenvalue weighted by molar-refractivity contribution is 8.16. The van der Waals surface area contributed by atoms with Gasteiger partial charge < -0.3 is 10.1 Å². The molecule has 2 bridgehead atoms. The van der Waals surface area contributed by atoms with Gasteiger partial charge >= 0.3 is 0 Å². The van der Waals surface area contributed by atoms with Gasteiger partial charge in [0.05, 0.1) is 5.60 Å². The molecule has 2 aliphatic carbocycles. The number of thioether (sulfide) groups is 1. The van der Waals surface area contributed by atoms with E-state index in [1.165, 1.54) is 25.7 Å². The number of ether oxygens (including phenoxy) is 1. The first-order valence-electron chi connectivity index (χ1n) is 8.18. The van der Waals surface area contributed by atoms with Crippen molar-refractivity contribution in [3.05, 3.63) is 0 Å². The van der Waals surface area contributed by atoms with Crippen LogP contribution >= 0.6 is 11.8 Å². The van der Waals surface area contributed by atoms with Crippen LogP contribution in [0.2, 0.25) is 0 Å². The molecule has 2 saturated carbocycles. The minimum Gasteiger partial charge on any atom is -0.375 e. The Morgan fingerprint density at radius 3 is 2.86 bits per heavy atom. The molecule has 21 heavy (non-hydrogen) atoms. The molecule has 1 spiro atoms. The predicted octanol–water partition coefficient (Wildman–Crippen LogP) is 2.72. The van der Waals surface area contributed by atoms with E-state index in [-0.39, 0.29) is 16.3 Å². The van der Waals surface area contributed by atoms with Crippen molar-refractivity contribution in [3.8, 4) is 0 Å². The van der Waals surface area contributed by atoms with Crippen LogP contribution in [-0.4, -0.2) is 34.1 Å². The maximum absolute atomic E-state index is 12.5. The Kier molecular flexibility index (Phi) is 3.16. The van der Waals surface area contributed by atoms with E-state index in [0.29, 0.717) is 12.6 Å². The van der Waals surface area contributed by atoms with Gasteiger partial charge in [0.15, 0.2) is 5.17 Å². The van der Waals surface area contributed by atoms with Crippen LogP contribution in [0, 0.1) is 11.8 Å². The van der Waals surface area contributed by atoms with Crippen molar-refractivity contribution in [2.75, 3.05) is 6.61 Å². The maximum atomic E-state index is 12.5. The van der Waals surface area contributed by atoms with E-state index in [4.69, 9.17) is 4.74 Å². The summed E-state index contributed by atoms with van der Waals surface area (Å²) in [6.45, 7) is 4.80. The van der Waals surface area contributed by atoms with Gasteiger partial charge in [-0.1, -0.05) is 18.2 Å². The fourth-order valence-corrected chi connectivity index (χ4v) is 6.12. The van der Waals surface area contributed by atoms with Gasteiger partial charge in [-0.25, -0.2) is 0 Å². The third-order valence-electron chi connectivity index (χ3n) is 5.64. The highest BCUT2D eigenvalue weighted by Crippen LogP contribution is 2.48. The smallest absolute Gasteiger partial charge is 0.264 e. The Labute approximate surface area is 130 Å². The number of nitrogens with zero attached hydrogens (tertiary/aromatic N) is 1. The van der Waals surface area contributed by atoms with E-state index >= 15 is 0 Å². The average molecular weight is 308 g/mol. The van der Waals surface area contributed by atoms with Gasteiger partial charge in [0.1, 0.15) is 4.75 Å². The zero-order valence-electron chi connectivity index (χ0n) is 12.9. The highest BCUT2D eigenvalue weighted by Gasteiger charge is 2.52. The van der Waals surface area contributed by atoms with Crippen molar-refractivity contribution in [3.63, 3.8) is 0 Å². The molecule has 4 nitrogen and oxygen atoms in total. The lowest BCUT2D eigenvalue weighted by atomic mass is 9.87. The van der Waals surface area contributed by atoms with Crippen LogP contribution in [0.15, 0.2) is 4.99 Å². The molecule has 5 heteroatoms. The van der Waals surface area contributed by atoms with Crippen molar-refractivity contribution < 1.29 is 9.53 Å². The molecule has 1 N–H and O–H groups in total. The Hall–Kier alpha value is -0.550. The molecule has 0 aromatic carbocycles. The lowest BCUT2D eigenvalue weighted by Gasteiger charge is -2.40. The summed E-state index contributed by atoms with van der Waals surface area (Å²) in [6.07, 6.45) is 6.92. The zero-order valence-corrected chi connectivity index (χ0v) is 13.7. The van der Waals surface area contributed by atoms with Crippen molar-refractivity contribution >= 4 is 22.8 Å². The number of aliphatic imine (C=N–C) groups is 1. The molecule has 3 fully saturated rings. The van der Waals surface area contributed by atoms with Crippen molar-refractivity contribution in [2.24, 2.45) is 16.8 Å². The zero-order chi connectivity index (χ0) is 14.7. The van der Waals surface area contributed by atoms with Gasteiger partial charge in [-0.3, -0.25) is 4.79 Å². The molecule has 4 rings (SSSR count). The van der Waals surface area contributed by atoms with E-state index in [1.54, 1.807) is 11.8 Å². The van der Waals surface area contributed by atoms with Gasteiger partial charge in [-0.2, -0.15) is 4.99 Å². The minimum atomic E-state index is -0.373. The highest BCUT2D eigenvalue weighted by atomic mass is 32.2. The summed E-state index contributed by atoms with van der Waals surface area (Å²) in [5.41, 5.74) is -0.224. The third kappa shape index (κ3) is 2.42. The topological polar surface area (TPSA) is 50.7 Å². The molecule has 2 heterocycles. The first kappa shape index (κ1) is 14.1. The van der Waals surface area contributed by atoms with Crippen LogP contribution in [0.5, 0.6) is 0 Å². The molecule has 0 aromatic heterocycles. The SMILES string of the molecule is CC1(C)C[C@]2(CCO1)SC(N[C@H]1C[C@H]3CC[C@H]1C3)=NC2=O. The summed E-state index contributed by atoms with van der Waals surface area (Å²) in [5, 5.41) is 4.46. The van der Waals surface area contributed by atoms with Gasteiger partial charge in [0.2, 0.25) is 0 Å². The molecule has 2 aliphatic heterocycles. The van der Waals surface area contributed by atoms with Crippen molar-refractivity contribution in [2.45, 2.75) is 68.8 Å². The third-order valence-corrected chi connectivity index (χ3v) is 6.96. The van der Waals surface area contributed by atoms with E-state index < -0.39 is 0 Å². The van der Waals surface area contributed by atoms with Crippen LogP contribution < -0.4 is 5.32 Å². The number of carbonyl (C=O) groups is 1. The number of amidine groups is 1. The summed E-state index contributed by atoms with van der Waals surface area (Å²) in [5.74, 6) is 1.76. The van der Waals surface area contributed by atoms with Crippen LogP contribution in [0.4, 0.5) is 0 Å². The molecule has 4 atom stereocenters. The van der Waals surface area contributed by atoms with E-state index in [1.807, 2.05) is 0 Å². The number of nitrogens with one attached hydrogen (secondary N) is 1. The van der Waals surface area contributed by atoms with Crippen molar-refractivity contribution in [1.82, 2.24) is 5.32 Å². The van der Waals surface area contributed by atoms with E-state index in [0.717, 1.165) is 29.8 Å². The summed E-state index contributed by atoms with van der Waals surface area (Å²) in [7, 11) is 0. The number of carbonyl (C=O) groups excluding carboxylic acids is 1. The summed E-state index contributed by atoms with van der Waals surface area (Å²) >= 11 is 1.67. The maximum Gasteiger partial charge on any atom is 0.264 e. The second-order valence-corrected chi connectivity index (χ2v) is 9.15. The number of hydrogen-bond donors (Lipinski definition) is 1. The largest absolute Gasteiger partial charge is 0.375 e. The van der Waals surface area contributed by atoms with Crippen LogP contribution in [0.1, 0.15) is 52.4 Å². The summed E-state index contributed by atoms with van der Waals surface area (Å²) in [6, 6.07) is 0.547. The normalized spacial score (nSPS) is 44.4. The van der Waals surface area contributed by atoms with Gasteiger partial charge in [-0.05, 0) is 51.4 Å². The molecule has 116 valence electrons. The van der Waals surface area contributed by atoms with E-state index in [2.05, 4.69) is 24.2 Å². The number of hydrogen-bond acceptors (Lipinski definition) is 4. The van der Waals surface area contributed by atoms with Crippen molar-refractivity contribution in [1.29, 1.82) is 0 Å². The minimum absolute atomic E-state index is 0.0505. The Morgan fingerprint density at radius 1 is 1.33 bits per heavy atom. The summed E-state index contributed by atoms with van der Waals surface area (Å²) in [4.78, 5) is 16.8. The van der Waals surface area contributed by atoms with Crippen LogP contribution in [0.3, 0.4) is 0 Å². The summed E-state index contributed by atoms with van der Waals surface area (Å²) < 4.78 is 5.40. The molecule has 0 radical (unpaired) electrons. The quantitative estimate of drug-likeness (QED) is 0.809. The number of fused-ring (bicyclic) bond motifs is 2. The lowest BCUT2D eigenvalue weighted by molar-refractivity contribution is -0.128. The van der Waals surface area contributed by atoms with Gasteiger partial charge in [0, 0.05) is 19.1 Å². The first-order chi connectivity index (χ1) is 9.96. The monoisotopic (exact) mass is 308 g/mol. The fourth-order valence-electron chi connectivity index (χ4n) is 4.68. The molecular formula is C16H24N2O2S. The molecule has 0 aromatic rings. The Balaban J connectivity index is 1.45. The first-order valence-corrected chi connectivity index (χ1v) is 9.00. The molecule has 4 aliphatic rings. The van der Waals surface area contributed by atoms with Gasteiger partial charge in [0.25, 0.3) is 5.91 Å². The van der Waals surface area contributed by atoms with Crippen LogP contribution in [-0.2, 0) is 9.53 Å². The molecule has 1 amide bonds. The van der Waals surface area contributed by atoms with E-state index in [9.17, 15) is 4.79 Å². The second-order valence-electron chi connectivity index (χ2n) is 7.78. The second kappa shape index (κ2) is 4.72. The Morgan fingerprint density at radius 2 is 2.19 bits per heavy atom. The standard InChI is InChI=1S/C16H24N2O2S/c1-15(2)9-16(5-6-20-15)13(19)18-14(21-16)17-12-8-10-3-4-11(12)7-10/h10-12H,3-9H2,1-2H3,(H,17,18,19)/t10-,11-,12-,16-/m0/s1. The molecule has 1 saturated heterocycles. The average Bonchev–Trinajstić information content (AvgIpc) is 3.05. The van der Waals surface area contributed by atoms with Crippen LogP contribution in [0.25, 0.3) is 0 Å². The number of rotatable bonds is 1. The Bertz CT molecular complexity index is 505. The van der Waals surface area contributed by atoms with Gasteiger partial charge in [-0.15, -0.1) is 0 Å². The molecule has 0 unspecified atom stereocenters. The fraction of sp³-hybridized carbons (Fsp3) is 0.875. The lowest BCUT2D eigenvalue weighted by Crippen LogP contribution is -2.47. The number of amides is 1. The predicted molar refractivity (Wildman–Crippen MR) is 84.4 cm³/mol.